The zero-order valence-corrected chi connectivity index (χ0v) is 10.3. The Bertz CT molecular complexity index is 414. The van der Waals surface area contributed by atoms with E-state index >= 15 is 0 Å². The maximum atomic E-state index is 12.3. The van der Waals surface area contributed by atoms with Gasteiger partial charge in [0.1, 0.15) is 5.69 Å². The number of rotatable bonds is 4. The van der Waals surface area contributed by atoms with Gasteiger partial charge in [-0.25, -0.2) is 0 Å². The molecule has 0 aliphatic heterocycles. The van der Waals surface area contributed by atoms with E-state index in [1.165, 1.54) is 0 Å². The van der Waals surface area contributed by atoms with Gasteiger partial charge in [0, 0.05) is 6.07 Å². The average molecular weight is 264 g/mol. The zero-order valence-electron chi connectivity index (χ0n) is 10.3. The van der Waals surface area contributed by atoms with E-state index in [-0.39, 0.29) is 11.7 Å². The van der Waals surface area contributed by atoms with E-state index in [1.807, 2.05) is 12.0 Å². The van der Waals surface area contributed by atoms with Crippen LogP contribution in [0, 0.1) is 0 Å². The first kappa shape index (κ1) is 14.5. The van der Waals surface area contributed by atoms with Crippen molar-refractivity contribution in [3.63, 3.8) is 0 Å². The van der Waals surface area contributed by atoms with Crippen molar-refractivity contribution in [3.8, 4) is 0 Å². The number of nitrogens with zero attached hydrogens (tertiary/aromatic N) is 2. The summed E-state index contributed by atoms with van der Waals surface area (Å²) in [7, 11) is 3.44. The average Bonchev–Trinajstić information content (AvgIpc) is 2.65. The summed E-state index contributed by atoms with van der Waals surface area (Å²) in [6.07, 6.45) is -3.95. The minimum atomic E-state index is -4.50. The van der Waals surface area contributed by atoms with Gasteiger partial charge in [-0.3, -0.25) is 14.8 Å². The number of aromatic amines is 1. The van der Waals surface area contributed by atoms with E-state index in [0.717, 1.165) is 6.07 Å². The number of hydrogen-bond donors (Lipinski definition) is 2. The maximum Gasteiger partial charge on any atom is 0.432 e. The van der Waals surface area contributed by atoms with Crippen LogP contribution in [0.2, 0.25) is 0 Å². The Labute approximate surface area is 102 Å². The van der Waals surface area contributed by atoms with Crippen LogP contribution in [-0.4, -0.2) is 41.1 Å². The molecule has 1 rings (SSSR count). The van der Waals surface area contributed by atoms with E-state index in [2.05, 4.69) is 10.4 Å². The van der Waals surface area contributed by atoms with Crippen LogP contribution in [0.1, 0.15) is 19.0 Å². The third kappa shape index (κ3) is 3.46. The van der Waals surface area contributed by atoms with Crippen molar-refractivity contribution in [2.24, 2.45) is 0 Å². The normalized spacial score (nSPS) is 13.7. The fraction of sp³-hybridized carbons (Fsp3) is 0.600. The SMILES string of the molecule is CCC(C(=O)Nc1cc(C(F)(F)F)[nH]n1)N(C)C. The van der Waals surface area contributed by atoms with Crippen LogP contribution in [0.4, 0.5) is 19.0 Å². The molecule has 1 aromatic rings. The number of alkyl halides is 3. The fourth-order valence-electron chi connectivity index (χ4n) is 1.53. The number of anilines is 1. The first-order valence-electron chi connectivity index (χ1n) is 5.35. The molecule has 0 radical (unpaired) electrons. The fourth-order valence-corrected chi connectivity index (χ4v) is 1.53. The number of amides is 1. The molecule has 1 unspecified atom stereocenters. The number of likely N-dealkylation sites (N-methyl/N-ethyl adjacent to an activating group) is 1. The highest BCUT2D eigenvalue weighted by Gasteiger charge is 2.33. The van der Waals surface area contributed by atoms with E-state index in [4.69, 9.17) is 0 Å². The molecule has 0 saturated carbocycles. The van der Waals surface area contributed by atoms with E-state index in [0.29, 0.717) is 6.42 Å². The Morgan fingerprint density at radius 3 is 2.56 bits per heavy atom. The minimum Gasteiger partial charge on any atom is -0.308 e. The van der Waals surface area contributed by atoms with Gasteiger partial charge in [0.15, 0.2) is 5.82 Å². The van der Waals surface area contributed by atoms with Crippen LogP contribution in [-0.2, 0) is 11.0 Å². The molecule has 0 aliphatic carbocycles. The first-order chi connectivity index (χ1) is 8.25. The number of nitrogens with one attached hydrogen (secondary N) is 2. The molecule has 1 heterocycles. The predicted molar refractivity (Wildman–Crippen MR) is 60.0 cm³/mol. The summed E-state index contributed by atoms with van der Waals surface area (Å²) in [5.74, 6) is -0.518. The molecule has 0 spiro atoms. The predicted octanol–water partition coefficient (Wildman–Crippen LogP) is 1.71. The zero-order chi connectivity index (χ0) is 13.9. The van der Waals surface area contributed by atoms with Gasteiger partial charge in [0.25, 0.3) is 0 Å². The topological polar surface area (TPSA) is 61.0 Å². The van der Waals surface area contributed by atoms with Crippen LogP contribution < -0.4 is 5.32 Å². The molecule has 0 saturated heterocycles. The number of H-pyrrole nitrogens is 1. The quantitative estimate of drug-likeness (QED) is 0.870. The summed E-state index contributed by atoms with van der Waals surface area (Å²) in [6.45, 7) is 1.82. The van der Waals surface area contributed by atoms with Crippen molar-refractivity contribution in [2.75, 3.05) is 19.4 Å². The van der Waals surface area contributed by atoms with Gasteiger partial charge in [-0.05, 0) is 20.5 Å². The van der Waals surface area contributed by atoms with Crippen molar-refractivity contribution in [3.05, 3.63) is 11.8 Å². The van der Waals surface area contributed by atoms with Crippen molar-refractivity contribution in [2.45, 2.75) is 25.6 Å². The molecule has 2 N–H and O–H groups in total. The molecule has 0 aromatic carbocycles. The van der Waals surface area contributed by atoms with Crippen LogP contribution in [0.15, 0.2) is 6.07 Å². The van der Waals surface area contributed by atoms with Crippen LogP contribution in [0.3, 0.4) is 0 Å². The molecular formula is C10H15F3N4O. The standard InChI is InChI=1S/C10H15F3N4O/c1-4-6(17(2)3)9(18)14-8-5-7(15-16-8)10(11,12)13/h5-6H,4H2,1-3H3,(H2,14,15,16,18). The number of carbonyl (C=O) groups is 1. The second kappa shape index (κ2) is 5.38. The first-order valence-corrected chi connectivity index (χ1v) is 5.35. The molecule has 0 fully saturated rings. The summed E-state index contributed by atoms with van der Waals surface area (Å²) in [5.41, 5.74) is -0.990. The molecule has 8 heteroatoms. The third-order valence-electron chi connectivity index (χ3n) is 2.45. The monoisotopic (exact) mass is 264 g/mol. The molecule has 0 bridgehead atoms. The lowest BCUT2D eigenvalue weighted by Crippen LogP contribution is -2.39. The van der Waals surface area contributed by atoms with Crippen molar-refractivity contribution >= 4 is 11.7 Å². The Morgan fingerprint density at radius 1 is 1.56 bits per heavy atom. The Kier molecular flexibility index (Phi) is 4.33. The third-order valence-corrected chi connectivity index (χ3v) is 2.45. The van der Waals surface area contributed by atoms with Crippen LogP contribution in [0.5, 0.6) is 0 Å². The molecule has 102 valence electrons. The summed E-state index contributed by atoms with van der Waals surface area (Å²) in [5, 5.41) is 7.58. The van der Waals surface area contributed by atoms with Crippen LogP contribution in [0.25, 0.3) is 0 Å². The van der Waals surface area contributed by atoms with Gasteiger partial charge < -0.3 is 5.32 Å². The van der Waals surface area contributed by atoms with Crippen LogP contribution >= 0.6 is 0 Å². The van der Waals surface area contributed by atoms with Crippen molar-refractivity contribution in [1.29, 1.82) is 0 Å². The highest BCUT2D eigenvalue weighted by molar-refractivity contribution is 5.93. The van der Waals surface area contributed by atoms with Gasteiger partial charge >= 0.3 is 6.18 Å². The minimum absolute atomic E-state index is 0.132. The molecule has 0 aliphatic rings. The second-order valence-corrected chi connectivity index (χ2v) is 4.04. The number of hydrogen-bond acceptors (Lipinski definition) is 3. The number of carbonyl (C=O) groups excluding carboxylic acids is 1. The smallest absolute Gasteiger partial charge is 0.308 e. The molecular weight excluding hydrogens is 249 g/mol. The maximum absolute atomic E-state index is 12.3. The Balaban J connectivity index is 2.74. The number of aromatic nitrogens is 2. The molecule has 1 atom stereocenters. The Hall–Kier alpha value is -1.57. The van der Waals surface area contributed by atoms with E-state index in [9.17, 15) is 18.0 Å². The molecule has 18 heavy (non-hydrogen) atoms. The lowest BCUT2D eigenvalue weighted by atomic mass is 10.2. The lowest BCUT2D eigenvalue weighted by molar-refractivity contribution is -0.141. The summed E-state index contributed by atoms with van der Waals surface area (Å²) in [6, 6.07) is 0.358. The molecule has 1 aromatic heterocycles. The van der Waals surface area contributed by atoms with E-state index in [1.54, 1.807) is 19.0 Å². The van der Waals surface area contributed by atoms with Crippen molar-refractivity contribution in [1.82, 2.24) is 15.1 Å². The Morgan fingerprint density at radius 2 is 2.17 bits per heavy atom. The van der Waals surface area contributed by atoms with Gasteiger partial charge in [-0.1, -0.05) is 6.92 Å². The highest BCUT2D eigenvalue weighted by atomic mass is 19.4. The van der Waals surface area contributed by atoms with Gasteiger partial charge in [-0.2, -0.15) is 18.3 Å². The summed E-state index contributed by atoms with van der Waals surface area (Å²) in [4.78, 5) is 13.4. The summed E-state index contributed by atoms with van der Waals surface area (Å²) >= 11 is 0. The largest absolute Gasteiger partial charge is 0.432 e. The van der Waals surface area contributed by atoms with Gasteiger partial charge in [0.2, 0.25) is 5.91 Å². The summed E-state index contributed by atoms with van der Waals surface area (Å²) < 4.78 is 36.9. The lowest BCUT2D eigenvalue weighted by Gasteiger charge is -2.21. The number of halogens is 3. The van der Waals surface area contributed by atoms with Gasteiger partial charge in [0.05, 0.1) is 6.04 Å². The van der Waals surface area contributed by atoms with Gasteiger partial charge in [-0.15, -0.1) is 0 Å². The molecule has 1 amide bonds. The highest BCUT2D eigenvalue weighted by Crippen LogP contribution is 2.28. The molecule has 5 nitrogen and oxygen atoms in total. The van der Waals surface area contributed by atoms with E-state index < -0.39 is 17.9 Å². The second-order valence-electron chi connectivity index (χ2n) is 4.04. The van der Waals surface area contributed by atoms with Crippen molar-refractivity contribution < 1.29 is 18.0 Å².